The minimum Gasteiger partial charge on any atom is -0.421 e. The molecule has 110 valence electrons. The Labute approximate surface area is 125 Å². The van der Waals surface area contributed by atoms with Crippen LogP contribution in [0.1, 0.15) is 32.8 Å². The van der Waals surface area contributed by atoms with Gasteiger partial charge in [0.05, 0.1) is 5.30 Å². The summed E-state index contributed by atoms with van der Waals surface area (Å²) in [7, 11) is -3.79. The summed E-state index contributed by atoms with van der Waals surface area (Å²) in [5.74, 6) is 0.474. The summed E-state index contributed by atoms with van der Waals surface area (Å²) in [6.07, 6.45) is 1.00. The monoisotopic (exact) mass is 302 g/mol. The number of hydrogen-bond acceptors (Lipinski definition) is 2. The first-order valence-electron chi connectivity index (χ1n) is 7.12. The van der Waals surface area contributed by atoms with Gasteiger partial charge in [0.1, 0.15) is 5.75 Å². The predicted octanol–water partition coefficient (Wildman–Crippen LogP) is 4.24. The minimum atomic E-state index is -3.79. The molecule has 0 saturated carbocycles. The van der Waals surface area contributed by atoms with Crippen LogP contribution in [0.3, 0.4) is 0 Å². The van der Waals surface area contributed by atoms with E-state index in [1.807, 2.05) is 30.3 Å². The summed E-state index contributed by atoms with van der Waals surface area (Å²) in [5.41, 5.74) is 2.88. The van der Waals surface area contributed by atoms with Crippen molar-refractivity contribution in [1.29, 1.82) is 0 Å². The molecule has 0 aromatic heterocycles. The molecule has 3 rings (SSSR count). The van der Waals surface area contributed by atoms with Crippen molar-refractivity contribution < 1.29 is 14.0 Å². The van der Waals surface area contributed by atoms with Gasteiger partial charge in [-0.2, -0.15) is 0 Å². The van der Waals surface area contributed by atoms with E-state index in [-0.39, 0.29) is 5.41 Å². The van der Waals surface area contributed by atoms with E-state index in [1.165, 1.54) is 5.56 Å². The number of hydrogen-bond donors (Lipinski definition) is 1. The standard InChI is InChI=1S/C17H19O3P/c1-4-17(2,3)12-9-10-16-14(11-12)13-7-5-6-8-15(13)20-21(16,18)19/h5-11H,4H2,1-3H3,(H,18,19). The lowest BCUT2D eigenvalue weighted by atomic mass is 9.81. The topological polar surface area (TPSA) is 46.5 Å². The second-order valence-electron chi connectivity index (χ2n) is 6.08. The van der Waals surface area contributed by atoms with Gasteiger partial charge in [-0.15, -0.1) is 0 Å². The molecule has 2 aromatic rings. The zero-order valence-electron chi connectivity index (χ0n) is 12.5. The van der Waals surface area contributed by atoms with E-state index < -0.39 is 7.60 Å². The van der Waals surface area contributed by atoms with Gasteiger partial charge in [0.2, 0.25) is 0 Å². The van der Waals surface area contributed by atoms with Gasteiger partial charge in [-0.1, -0.05) is 45.0 Å². The number of rotatable bonds is 2. The maximum atomic E-state index is 12.4. The van der Waals surface area contributed by atoms with Crippen molar-refractivity contribution >= 4 is 12.9 Å². The molecule has 0 aliphatic carbocycles. The molecule has 0 fully saturated rings. The van der Waals surface area contributed by atoms with Crippen molar-refractivity contribution in [3.05, 3.63) is 48.0 Å². The van der Waals surface area contributed by atoms with Crippen molar-refractivity contribution in [2.45, 2.75) is 32.6 Å². The third-order valence-electron chi connectivity index (χ3n) is 4.37. The molecule has 1 aliphatic rings. The Bertz CT molecular complexity index is 749. The fourth-order valence-electron chi connectivity index (χ4n) is 2.57. The van der Waals surface area contributed by atoms with E-state index in [9.17, 15) is 9.46 Å². The summed E-state index contributed by atoms with van der Waals surface area (Å²) in [6, 6.07) is 13.1. The lowest BCUT2D eigenvalue weighted by molar-refractivity contribution is 0.392. The lowest BCUT2D eigenvalue weighted by Crippen LogP contribution is -2.21. The Morgan fingerprint density at radius 1 is 1.14 bits per heavy atom. The van der Waals surface area contributed by atoms with Crippen LogP contribution in [-0.4, -0.2) is 4.89 Å². The summed E-state index contributed by atoms with van der Waals surface area (Å²) in [6.45, 7) is 6.50. The van der Waals surface area contributed by atoms with Crippen molar-refractivity contribution in [3.8, 4) is 16.9 Å². The van der Waals surface area contributed by atoms with Crippen LogP contribution in [0.4, 0.5) is 0 Å². The van der Waals surface area contributed by atoms with Gasteiger partial charge in [0.25, 0.3) is 0 Å². The SMILES string of the molecule is CCC(C)(C)c1ccc2c(c1)-c1ccccc1OP2(=O)O. The molecule has 0 radical (unpaired) electrons. The molecule has 0 amide bonds. The number of fused-ring (bicyclic) bond motifs is 3. The number of para-hydroxylation sites is 1. The van der Waals surface area contributed by atoms with Gasteiger partial charge >= 0.3 is 7.60 Å². The van der Waals surface area contributed by atoms with E-state index in [2.05, 4.69) is 20.8 Å². The van der Waals surface area contributed by atoms with Gasteiger partial charge in [-0.3, -0.25) is 0 Å². The molecule has 0 bridgehead atoms. The first kappa shape index (κ1) is 14.4. The van der Waals surface area contributed by atoms with Gasteiger partial charge in [-0.25, -0.2) is 4.57 Å². The normalized spacial score (nSPS) is 20.4. The fourth-order valence-corrected chi connectivity index (χ4v) is 3.85. The van der Waals surface area contributed by atoms with Crippen LogP contribution < -0.4 is 9.83 Å². The van der Waals surface area contributed by atoms with Crippen molar-refractivity contribution in [3.63, 3.8) is 0 Å². The highest BCUT2D eigenvalue weighted by atomic mass is 31.2. The van der Waals surface area contributed by atoms with E-state index >= 15 is 0 Å². The Hall–Kier alpha value is -1.57. The minimum absolute atomic E-state index is 0.0295. The Kier molecular flexibility index (Phi) is 3.23. The van der Waals surface area contributed by atoms with Crippen LogP contribution in [0.5, 0.6) is 5.75 Å². The Morgan fingerprint density at radius 2 is 1.86 bits per heavy atom. The number of benzene rings is 2. The maximum Gasteiger partial charge on any atom is 0.408 e. The maximum absolute atomic E-state index is 12.4. The van der Waals surface area contributed by atoms with E-state index in [0.29, 0.717) is 11.1 Å². The fraction of sp³-hybridized carbons (Fsp3) is 0.294. The molecule has 0 spiro atoms. The quantitative estimate of drug-likeness (QED) is 0.844. The van der Waals surface area contributed by atoms with E-state index in [0.717, 1.165) is 17.5 Å². The molecule has 0 saturated heterocycles. The summed E-state index contributed by atoms with van der Waals surface area (Å²) >= 11 is 0. The van der Waals surface area contributed by atoms with E-state index in [1.54, 1.807) is 12.1 Å². The summed E-state index contributed by atoms with van der Waals surface area (Å²) < 4.78 is 17.7. The van der Waals surface area contributed by atoms with Crippen LogP contribution in [0, 0.1) is 0 Å². The van der Waals surface area contributed by atoms with Gasteiger partial charge < -0.3 is 9.42 Å². The van der Waals surface area contributed by atoms with Crippen molar-refractivity contribution in [1.82, 2.24) is 0 Å². The highest BCUT2D eigenvalue weighted by Crippen LogP contribution is 2.52. The Morgan fingerprint density at radius 3 is 2.57 bits per heavy atom. The largest absolute Gasteiger partial charge is 0.421 e. The van der Waals surface area contributed by atoms with E-state index in [4.69, 9.17) is 4.52 Å². The molecule has 1 atom stereocenters. The third-order valence-corrected chi connectivity index (χ3v) is 5.81. The van der Waals surface area contributed by atoms with Crippen LogP contribution >= 0.6 is 7.60 Å². The highest BCUT2D eigenvalue weighted by Gasteiger charge is 2.35. The van der Waals surface area contributed by atoms with Crippen LogP contribution in [-0.2, 0) is 9.98 Å². The smallest absolute Gasteiger partial charge is 0.408 e. The molecule has 3 nitrogen and oxygen atoms in total. The summed E-state index contributed by atoms with van der Waals surface area (Å²) in [5, 5.41) is 0.386. The Balaban J connectivity index is 2.27. The first-order chi connectivity index (χ1) is 9.85. The molecule has 1 N–H and O–H groups in total. The molecular weight excluding hydrogens is 283 g/mol. The van der Waals surface area contributed by atoms with Gasteiger partial charge in [-0.05, 0) is 35.6 Å². The summed E-state index contributed by atoms with van der Waals surface area (Å²) in [4.78, 5) is 10.2. The molecule has 21 heavy (non-hydrogen) atoms. The third kappa shape index (κ3) is 2.31. The second kappa shape index (κ2) is 4.72. The van der Waals surface area contributed by atoms with Crippen LogP contribution in [0.25, 0.3) is 11.1 Å². The lowest BCUT2D eigenvalue weighted by Gasteiger charge is -2.28. The van der Waals surface area contributed by atoms with Crippen molar-refractivity contribution in [2.75, 3.05) is 0 Å². The molecule has 1 aliphatic heterocycles. The average Bonchev–Trinajstić information content (AvgIpc) is 2.46. The highest BCUT2D eigenvalue weighted by molar-refractivity contribution is 7.62. The molecule has 1 unspecified atom stereocenters. The average molecular weight is 302 g/mol. The molecule has 4 heteroatoms. The molecule has 1 heterocycles. The van der Waals surface area contributed by atoms with Crippen LogP contribution in [0.2, 0.25) is 0 Å². The zero-order valence-corrected chi connectivity index (χ0v) is 13.4. The predicted molar refractivity (Wildman–Crippen MR) is 85.3 cm³/mol. The molecule has 2 aromatic carbocycles. The van der Waals surface area contributed by atoms with Gasteiger partial charge in [0, 0.05) is 11.1 Å². The zero-order chi connectivity index (χ0) is 15.3. The van der Waals surface area contributed by atoms with Gasteiger partial charge in [0.15, 0.2) is 0 Å². The molecular formula is C17H19O3P. The second-order valence-corrected chi connectivity index (χ2v) is 7.78. The van der Waals surface area contributed by atoms with Crippen LogP contribution in [0.15, 0.2) is 42.5 Å². The van der Waals surface area contributed by atoms with Crippen molar-refractivity contribution in [2.24, 2.45) is 0 Å². The first-order valence-corrected chi connectivity index (χ1v) is 8.70.